The smallest absolute Gasteiger partial charge is 0.161 e. The fourth-order valence-corrected chi connectivity index (χ4v) is 1.65. The first-order valence-corrected chi connectivity index (χ1v) is 5.69. The van der Waals surface area contributed by atoms with Crippen LogP contribution in [0.25, 0.3) is 0 Å². The molecule has 3 heteroatoms. The lowest BCUT2D eigenvalue weighted by atomic mass is 9.87. The van der Waals surface area contributed by atoms with Crippen LogP contribution in [0.15, 0.2) is 18.2 Å². The third kappa shape index (κ3) is 2.82. The molecular weight excluding hydrogens is 224 g/mol. The molecule has 0 aliphatic rings. The second-order valence-corrected chi connectivity index (χ2v) is 5.28. The summed E-state index contributed by atoms with van der Waals surface area (Å²) in [6.45, 7) is 6.34. The third-order valence-electron chi connectivity index (χ3n) is 2.46. The molecule has 0 spiro atoms. The molecule has 2 nitrogen and oxygen atoms in total. The van der Waals surface area contributed by atoms with Gasteiger partial charge in [0.1, 0.15) is 0 Å². The maximum absolute atomic E-state index is 6.41. The van der Waals surface area contributed by atoms with Gasteiger partial charge in [0.05, 0.1) is 19.6 Å². The van der Waals surface area contributed by atoms with Gasteiger partial charge in [0.2, 0.25) is 0 Å². The van der Waals surface area contributed by atoms with E-state index in [0.29, 0.717) is 0 Å². The van der Waals surface area contributed by atoms with Crippen LogP contribution < -0.4 is 9.47 Å². The van der Waals surface area contributed by atoms with Crippen LogP contribution in [0.3, 0.4) is 0 Å². The van der Waals surface area contributed by atoms with Gasteiger partial charge in [-0.2, -0.15) is 0 Å². The van der Waals surface area contributed by atoms with Gasteiger partial charge in [0, 0.05) is 0 Å². The summed E-state index contributed by atoms with van der Waals surface area (Å²) in [5, 5.41) is -0.0488. The Morgan fingerprint density at radius 3 is 2.06 bits per heavy atom. The second kappa shape index (κ2) is 4.96. The number of hydrogen-bond acceptors (Lipinski definition) is 2. The minimum atomic E-state index is -0.0488. The molecule has 0 bridgehead atoms. The molecule has 1 rings (SSSR count). The van der Waals surface area contributed by atoms with Crippen molar-refractivity contribution in [1.82, 2.24) is 0 Å². The molecule has 0 aliphatic heterocycles. The van der Waals surface area contributed by atoms with Gasteiger partial charge in [0.25, 0.3) is 0 Å². The molecule has 1 unspecified atom stereocenters. The van der Waals surface area contributed by atoms with Crippen LogP contribution >= 0.6 is 11.6 Å². The Labute approximate surface area is 103 Å². The minimum absolute atomic E-state index is 0.0150. The molecule has 1 aromatic rings. The van der Waals surface area contributed by atoms with Gasteiger partial charge in [0.15, 0.2) is 11.5 Å². The molecule has 0 aromatic heterocycles. The Balaban J connectivity index is 3.08. The van der Waals surface area contributed by atoms with Crippen LogP contribution in [0.4, 0.5) is 0 Å². The number of ether oxygens (including phenoxy) is 2. The summed E-state index contributed by atoms with van der Waals surface area (Å²) < 4.78 is 10.4. The first-order chi connectivity index (χ1) is 7.40. The number of methoxy groups -OCH3 is 2. The SMILES string of the molecule is COc1ccc(C(Cl)C(C)(C)C)cc1OC. The topological polar surface area (TPSA) is 18.5 Å². The van der Waals surface area contributed by atoms with E-state index in [1.807, 2.05) is 18.2 Å². The van der Waals surface area contributed by atoms with Crippen molar-refractivity contribution < 1.29 is 9.47 Å². The van der Waals surface area contributed by atoms with Crippen LogP contribution in [0.2, 0.25) is 0 Å². The van der Waals surface area contributed by atoms with Crippen molar-refractivity contribution in [2.45, 2.75) is 26.1 Å². The summed E-state index contributed by atoms with van der Waals surface area (Å²) in [6, 6.07) is 5.79. The van der Waals surface area contributed by atoms with Crippen molar-refractivity contribution in [2.75, 3.05) is 14.2 Å². The number of alkyl halides is 1. The second-order valence-electron chi connectivity index (χ2n) is 4.84. The Hall–Kier alpha value is -0.890. The monoisotopic (exact) mass is 242 g/mol. The minimum Gasteiger partial charge on any atom is -0.493 e. The Morgan fingerprint density at radius 2 is 1.62 bits per heavy atom. The van der Waals surface area contributed by atoms with E-state index < -0.39 is 0 Å². The van der Waals surface area contributed by atoms with Gasteiger partial charge in [-0.05, 0) is 23.1 Å². The summed E-state index contributed by atoms with van der Waals surface area (Å²) in [5.74, 6) is 1.44. The molecule has 90 valence electrons. The number of halogens is 1. The maximum atomic E-state index is 6.41. The van der Waals surface area contributed by atoms with Gasteiger partial charge in [-0.15, -0.1) is 11.6 Å². The highest BCUT2D eigenvalue weighted by atomic mass is 35.5. The van der Waals surface area contributed by atoms with Crippen molar-refractivity contribution >= 4 is 11.6 Å². The van der Waals surface area contributed by atoms with E-state index in [0.717, 1.165) is 17.1 Å². The summed E-state index contributed by atoms with van der Waals surface area (Å²) >= 11 is 6.41. The van der Waals surface area contributed by atoms with Gasteiger partial charge >= 0.3 is 0 Å². The van der Waals surface area contributed by atoms with Crippen molar-refractivity contribution in [3.8, 4) is 11.5 Å². The van der Waals surface area contributed by atoms with E-state index >= 15 is 0 Å². The Kier molecular flexibility index (Phi) is 4.09. The molecule has 0 heterocycles. The molecule has 0 aliphatic carbocycles. The highest BCUT2D eigenvalue weighted by Gasteiger charge is 2.24. The van der Waals surface area contributed by atoms with Crippen molar-refractivity contribution in [2.24, 2.45) is 5.41 Å². The van der Waals surface area contributed by atoms with E-state index in [2.05, 4.69) is 20.8 Å². The molecule has 0 saturated carbocycles. The molecule has 1 aromatic carbocycles. The van der Waals surface area contributed by atoms with E-state index in [-0.39, 0.29) is 10.8 Å². The number of benzene rings is 1. The van der Waals surface area contributed by atoms with Crippen molar-refractivity contribution in [3.63, 3.8) is 0 Å². The van der Waals surface area contributed by atoms with Crippen LogP contribution in [0.1, 0.15) is 31.7 Å². The van der Waals surface area contributed by atoms with E-state index in [1.165, 1.54) is 0 Å². The molecule has 0 amide bonds. The first kappa shape index (κ1) is 13.2. The molecule has 16 heavy (non-hydrogen) atoms. The quantitative estimate of drug-likeness (QED) is 0.745. The molecule has 0 fully saturated rings. The highest BCUT2D eigenvalue weighted by molar-refractivity contribution is 6.21. The summed E-state index contributed by atoms with van der Waals surface area (Å²) in [4.78, 5) is 0. The van der Waals surface area contributed by atoms with Crippen LogP contribution in [0, 0.1) is 5.41 Å². The zero-order chi connectivity index (χ0) is 12.3. The summed E-state index contributed by atoms with van der Waals surface area (Å²) in [6.07, 6.45) is 0. The fraction of sp³-hybridized carbons (Fsp3) is 0.538. The zero-order valence-corrected chi connectivity index (χ0v) is 11.3. The normalized spacial score (nSPS) is 13.4. The van der Waals surface area contributed by atoms with Crippen molar-refractivity contribution in [3.05, 3.63) is 23.8 Å². The average molecular weight is 243 g/mol. The van der Waals surface area contributed by atoms with Crippen LogP contribution in [-0.2, 0) is 0 Å². The predicted molar refractivity (Wildman–Crippen MR) is 67.6 cm³/mol. The lowest BCUT2D eigenvalue weighted by Crippen LogP contribution is -2.13. The fourth-order valence-electron chi connectivity index (χ4n) is 1.51. The number of hydrogen-bond donors (Lipinski definition) is 0. The van der Waals surface area contributed by atoms with Crippen molar-refractivity contribution in [1.29, 1.82) is 0 Å². The highest BCUT2D eigenvalue weighted by Crippen LogP contribution is 2.41. The third-order valence-corrected chi connectivity index (χ3v) is 3.37. The largest absolute Gasteiger partial charge is 0.493 e. The maximum Gasteiger partial charge on any atom is 0.161 e. The standard InChI is InChI=1S/C13H19ClO2/c1-13(2,3)12(14)9-6-7-10(15-4)11(8-9)16-5/h6-8,12H,1-5H3. The Bertz CT molecular complexity index is 355. The van der Waals surface area contributed by atoms with E-state index in [4.69, 9.17) is 21.1 Å². The average Bonchev–Trinajstić information content (AvgIpc) is 2.25. The summed E-state index contributed by atoms with van der Waals surface area (Å²) in [5.41, 5.74) is 1.06. The van der Waals surface area contributed by atoms with Gasteiger partial charge in [-0.1, -0.05) is 26.8 Å². The van der Waals surface area contributed by atoms with Gasteiger partial charge in [-0.25, -0.2) is 0 Å². The zero-order valence-electron chi connectivity index (χ0n) is 10.5. The molecule has 0 N–H and O–H groups in total. The van der Waals surface area contributed by atoms with E-state index in [1.54, 1.807) is 14.2 Å². The number of rotatable bonds is 3. The first-order valence-electron chi connectivity index (χ1n) is 5.26. The molecule has 0 saturated heterocycles. The predicted octanol–water partition coefficient (Wildman–Crippen LogP) is 4.03. The molecule has 0 radical (unpaired) electrons. The van der Waals surface area contributed by atoms with E-state index in [9.17, 15) is 0 Å². The van der Waals surface area contributed by atoms with Gasteiger partial charge < -0.3 is 9.47 Å². The van der Waals surface area contributed by atoms with Crippen LogP contribution in [0.5, 0.6) is 11.5 Å². The lowest BCUT2D eigenvalue weighted by molar-refractivity contribution is 0.352. The molecular formula is C13H19ClO2. The van der Waals surface area contributed by atoms with Crippen LogP contribution in [-0.4, -0.2) is 14.2 Å². The summed E-state index contributed by atoms with van der Waals surface area (Å²) in [7, 11) is 3.25. The lowest BCUT2D eigenvalue weighted by Gasteiger charge is -2.26. The Morgan fingerprint density at radius 1 is 1.06 bits per heavy atom. The molecule has 1 atom stereocenters. The van der Waals surface area contributed by atoms with Gasteiger partial charge in [-0.3, -0.25) is 0 Å².